The van der Waals surface area contributed by atoms with Gasteiger partial charge in [0.05, 0.1) is 0 Å². The van der Waals surface area contributed by atoms with Crippen LogP contribution in [0, 0.1) is 0 Å². The van der Waals surface area contributed by atoms with E-state index in [-0.39, 0.29) is 0 Å². The minimum Gasteiger partial charge on any atom is -0.364 e. The summed E-state index contributed by atoms with van der Waals surface area (Å²) in [6.07, 6.45) is 0.718. The van der Waals surface area contributed by atoms with Gasteiger partial charge in [0.25, 0.3) is 0 Å². The van der Waals surface area contributed by atoms with Gasteiger partial charge in [-0.15, -0.1) is 0 Å². The number of hydrogen-bond acceptors (Lipinski definition) is 1. The highest BCUT2D eigenvalue weighted by Gasteiger charge is 2.25. The minimum atomic E-state index is 0.359. The van der Waals surface area contributed by atoms with Crippen LogP contribution in [0.2, 0.25) is 5.02 Å². The maximum atomic E-state index is 5.99. The van der Waals surface area contributed by atoms with Crippen molar-refractivity contribution in [1.82, 2.24) is 0 Å². The number of benzene rings is 1. The molecule has 0 unspecified atom stereocenters. The van der Waals surface area contributed by atoms with Crippen LogP contribution in [0.1, 0.15) is 19.4 Å². The molecule has 0 aromatic heterocycles. The van der Waals surface area contributed by atoms with Gasteiger partial charge in [-0.3, -0.25) is 0 Å². The molecule has 0 saturated carbocycles. The van der Waals surface area contributed by atoms with E-state index in [1.165, 1.54) is 5.56 Å². The highest BCUT2D eigenvalue weighted by atomic mass is 35.5. The lowest BCUT2D eigenvalue weighted by molar-refractivity contribution is -0.928. The first-order valence-corrected chi connectivity index (χ1v) is 6.25. The molecule has 1 heterocycles. The SMILES string of the molecule is C[C@@H]1C[NH+](Cc2cccc(Cl)c2)C[C@@H](C)O1. The largest absolute Gasteiger partial charge is 0.364 e. The third kappa shape index (κ3) is 3.21. The molecule has 0 bridgehead atoms. The van der Waals surface area contributed by atoms with Crippen LogP contribution in [-0.4, -0.2) is 25.3 Å². The van der Waals surface area contributed by atoms with Gasteiger partial charge in [0, 0.05) is 10.6 Å². The van der Waals surface area contributed by atoms with Crippen LogP contribution in [-0.2, 0) is 11.3 Å². The number of hydrogen-bond donors (Lipinski definition) is 1. The van der Waals surface area contributed by atoms with Crippen molar-refractivity contribution in [1.29, 1.82) is 0 Å². The van der Waals surface area contributed by atoms with Crippen molar-refractivity contribution in [3.8, 4) is 0 Å². The number of ether oxygens (including phenoxy) is 1. The van der Waals surface area contributed by atoms with Gasteiger partial charge in [0.1, 0.15) is 31.8 Å². The summed E-state index contributed by atoms with van der Waals surface area (Å²) in [4.78, 5) is 1.58. The van der Waals surface area contributed by atoms with E-state index in [1.54, 1.807) is 4.90 Å². The van der Waals surface area contributed by atoms with E-state index in [2.05, 4.69) is 26.0 Å². The molecule has 1 aromatic rings. The van der Waals surface area contributed by atoms with Gasteiger partial charge in [-0.2, -0.15) is 0 Å². The number of halogens is 1. The quantitative estimate of drug-likeness (QED) is 0.828. The van der Waals surface area contributed by atoms with Crippen molar-refractivity contribution in [2.24, 2.45) is 0 Å². The summed E-state index contributed by atoms with van der Waals surface area (Å²) in [6, 6.07) is 8.14. The lowest BCUT2D eigenvalue weighted by atomic mass is 10.1. The van der Waals surface area contributed by atoms with E-state index in [0.29, 0.717) is 12.2 Å². The molecule has 0 spiro atoms. The normalized spacial score (nSPS) is 30.3. The van der Waals surface area contributed by atoms with Gasteiger partial charge < -0.3 is 9.64 Å². The zero-order valence-corrected chi connectivity index (χ0v) is 10.6. The van der Waals surface area contributed by atoms with E-state index >= 15 is 0 Å². The van der Waals surface area contributed by atoms with Crippen LogP contribution in [0.3, 0.4) is 0 Å². The summed E-state index contributed by atoms with van der Waals surface area (Å²) in [6.45, 7) is 7.49. The van der Waals surface area contributed by atoms with Crippen molar-refractivity contribution in [3.63, 3.8) is 0 Å². The Morgan fingerprint density at radius 1 is 1.31 bits per heavy atom. The van der Waals surface area contributed by atoms with Crippen molar-refractivity contribution in [3.05, 3.63) is 34.9 Å². The van der Waals surface area contributed by atoms with E-state index in [1.807, 2.05) is 12.1 Å². The first-order chi connectivity index (χ1) is 7.63. The molecular weight excluding hydrogens is 222 g/mol. The summed E-state index contributed by atoms with van der Waals surface area (Å²) < 4.78 is 5.73. The van der Waals surface area contributed by atoms with E-state index in [0.717, 1.165) is 24.7 Å². The third-order valence-corrected chi connectivity index (χ3v) is 3.20. The second kappa shape index (κ2) is 5.17. The molecule has 3 heteroatoms. The Labute approximate surface area is 102 Å². The molecule has 88 valence electrons. The van der Waals surface area contributed by atoms with Crippen LogP contribution in [0.5, 0.6) is 0 Å². The molecule has 0 aliphatic carbocycles. The molecule has 2 rings (SSSR count). The minimum absolute atomic E-state index is 0.359. The smallest absolute Gasteiger partial charge is 0.104 e. The molecule has 0 radical (unpaired) electrons. The summed E-state index contributed by atoms with van der Waals surface area (Å²) in [5.74, 6) is 0. The van der Waals surface area contributed by atoms with Gasteiger partial charge in [-0.05, 0) is 26.0 Å². The molecule has 16 heavy (non-hydrogen) atoms. The standard InChI is InChI=1S/C13H18ClNO/c1-10-7-15(8-11(2)16-10)9-12-4-3-5-13(14)6-12/h3-6,10-11H,7-9H2,1-2H3/p+1/t10-,11-/m1/s1. The van der Waals surface area contributed by atoms with Crippen LogP contribution in [0.25, 0.3) is 0 Å². The van der Waals surface area contributed by atoms with Crippen LogP contribution in [0.4, 0.5) is 0 Å². The average Bonchev–Trinajstić information content (AvgIpc) is 2.15. The third-order valence-electron chi connectivity index (χ3n) is 2.96. The van der Waals surface area contributed by atoms with Crippen molar-refractivity contribution in [2.45, 2.75) is 32.6 Å². The van der Waals surface area contributed by atoms with E-state index in [9.17, 15) is 0 Å². The second-order valence-corrected chi connectivity index (χ2v) is 5.16. The molecule has 1 aromatic carbocycles. The molecule has 1 aliphatic heterocycles. The Balaban J connectivity index is 1.98. The van der Waals surface area contributed by atoms with Gasteiger partial charge in [0.2, 0.25) is 0 Å². The predicted molar refractivity (Wildman–Crippen MR) is 65.9 cm³/mol. The monoisotopic (exact) mass is 240 g/mol. The topological polar surface area (TPSA) is 13.7 Å². The highest BCUT2D eigenvalue weighted by molar-refractivity contribution is 6.30. The molecule has 1 N–H and O–H groups in total. The molecule has 2 nitrogen and oxygen atoms in total. The summed E-state index contributed by atoms with van der Waals surface area (Å²) >= 11 is 5.99. The average molecular weight is 241 g/mol. The maximum absolute atomic E-state index is 5.99. The highest BCUT2D eigenvalue weighted by Crippen LogP contribution is 2.10. The first-order valence-electron chi connectivity index (χ1n) is 5.87. The van der Waals surface area contributed by atoms with Crippen LogP contribution >= 0.6 is 11.6 Å². The number of rotatable bonds is 2. The van der Waals surface area contributed by atoms with Crippen molar-refractivity contribution >= 4 is 11.6 Å². The van der Waals surface area contributed by atoms with Crippen molar-refractivity contribution < 1.29 is 9.64 Å². The second-order valence-electron chi connectivity index (χ2n) is 4.72. The predicted octanol–water partition coefficient (Wildman–Crippen LogP) is 1.53. The number of morpholine rings is 1. The Bertz CT molecular complexity index is 346. The zero-order chi connectivity index (χ0) is 11.5. The molecule has 0 amide bonds. The van der Waals surface area contributed by atoms with Gasteiger partial charge in [-0.1, -0.05) is 23.7 Å². The summed E-state index contributed by atoms with van der Waals surface area (Å²) in [5, 5.41) is 0.825. The molecule has 2 atom stereocenters. The lowest BCUT2D eigenvalue weighted by Gasteiger charge is -2.32. The van der Waals surface area contributed by atoms with Crippen molar-refractivity contribution in [2.75, 3.05) is 13.1 Å². The number of quaternary nitrogens is 1. The fraction of sp³-hybridized carbons (Fsp3) is 0.538. The van der Waals surface area contributed by atoms with Crippen LogP contribution in [0.15, 0.2) is 24.3 Å². The Hall–Kier alpha value is -0.570. The zero-order valence-electron chi connectivity index (χ0n) is 9.87. The van der Waals surface area contributed by atoms with Crippen LogP contribution < -0.4 is 4.90 Å². The van der Waals surface area contributed by atoms with Gasteiger partial charge in [-0.25, -0.2) is 0 Å². The lowest BCUT2D eigenvalue weighted by Crippen LogP contribution is -3.14. The molecule has 1 saturated heterocycles. The van der Waals surface area contributed by atoms with Gasteiger partial charge in [0.15, 0.2) is 0 Å². The van der Waals surface area contributed by atoms with Gasteiger partial charge >= 0.3 is 0 Å². The Kier molecular flexibility index (Phi) is 3.85. The Morgan fingerprint density at radius 3 is 2.62 bits per heavy atom. The number of nitrogens with one attached hydrogen (secondary N) is 1. The molecular formula is C13H19ClNO+. The van der Waals surface area contributed by atoms with E-state index < -0.39 is 0 Å². The summed E-state index contributed by atoms with van der Waals surface area (Å²) in [5.41, 5.74) is 1.31. The Morgan fingerprint density at radius 2 is 2.00 bits per heavy atom. The fourth-order valence-corrected chi connectivity index (χ4v) is 2.68. The summed E-state index contributed by atoms with van der Waals surface area (Å²) in [7, 11) is 0. The first kappa shape index (κ1) is 11.9. The van der Waals surface area contributed by atoms with E-state index in [4.69, 9.17) is 16.3 Å². The molecule has 1 aliphatic rings. The fourth-order valence-electron chi connectivity index (χ4n) is 2.47. The maximum Gasteiger partial charge on any atom is 0.104 e. The molecule has 1 fully saturated rings.